The van der Waals surface area contributed by atoms with Gasteiger partial charge in [-0.1, -0.05) is 60.7 Å². The molecule has 2 unspecified atom stereocenters. The molecule has 0 radical (unpaired) electrons. The second-order valence-electron chi connectivity index (χ2n) is 7.67. The highest BCUT2D eigenvalue weighted by atomic mass is 32.2. The zero-order valence-corrected chi connectivity index (χ0v) is 21.2. The molecule has 0 aliphatic heterocycles. The number of benzene rings is 2. The number of primary amides is 2. The summed E-state index contributed by atoms with van der Waals surface area (Å²) in [4.78, 5) is 24.1. The summed E-state index contributed by atoms with van der Waals surface area (Å²) in [5.74, 6) is -0.309. The van der Waals surface area contributed by atoms with Gasteiger partial charge in [-0.05, 0) is 22.6 Å². The lowest BCUT2D eigenvalue weighted by Crippen LogP contribution is -2.22. The standard InChI is InChI=1S/C24H24N6O2S3/c25-21(31)19(15-7-3-1-4-8-15)23-29-27-17(34-23)11-13-33-14-12-18-28-30-24(35-18)20(22(26)32)16-9-5-2-6-10-16/h1-10,19-20H,11-14H2,(H2,25,31)(H2,26,32). The van der Waals surface area contributed by atoms with Gasteiger partial charge in [-0.3, -0.25) is 9.59 Å². The van der Waals surface area contributed by atoms with Gasteiger partial charge in [0.25, 0.3) is 0 Å². The van der Waals surface area contributed by atoms with Crippen molar-refractivity contribution in [3.05, 3.63) is 91.8 Å². The Kier molecular flexibility index (Phi) is 8.56. The van der Waals surface area contributed by atoms with Crippen LogP contribution in [-0.2, 0) is 22.4 Å². The number of amides is 2. The van der Waals surface area contributed by atoms with Crippen molar-refractivity contribution in [3.63, 3.8) is 0 Å². The molecule has 0 spiro atoms. The Bertz CT molecular complexity index is 1160. The lowest BCUT2D eigenvalue weighted by molar-refractivity contribution is -0.119. The van der Waals surface area contributed by atoms with Gasteiger partial charge in [-0.15, -0.1) is 43.1 Å². The van der Waals surface area contributed by atoms with Crippen molar-refractivity contribution in [2.45, 2.75) is 24.7 Å². The van der Waals surface area contributed by atoms with E-state index in [9.17, 15) is 9.59 Å². The Labute approximate surface area is 215 Å². The van der Waals surface area contributed by atoms with Crippen molar-refractivity contribution in [2.24, 2.45) is 11.5 Å². The molecule has 35 heavy (non-hydrogen) atoms. The lowest BCUT2D eigenvalue weighted by Gasteiger charge is -2.09. The fourth-order valence-electron chi connectivity index (χ4n) is 3.54. The Morgan fingerprint density at radius 3 is 1.46 bits per heavy atom. The average molecular weight is 525 g/mol. The second kappa shape index (κ2) is 12.0. The molecule has 0 bridgehead atoms. The summed E-state index contributed by atoms with van der Waals surface area (Å²) in [6.45, 7) is 0. The minimum atomic E-state index is -0.582. The Morgan fingerprint density at radius 1 is 0.686 bits per heavy atom. The average Bonchev–Trinajstić information content (AvgIpc) is 3.50. The lowest BCUT2D eigenvalue weighted by atomic mass is 9.99. The Balaban J connectivity index is 1.27. The van der Waals surface area contributed by atoms with E-state index in [1.54, 1.807) is 11.8 Å². The van der Waals surface area contributed by atoms with Crippen LogP contribution in [0, 0.1) is 0 Å². The molecule has 0 aliphatic rings. The monoisotopic (exact) mass is 524 g/mol. The predicted molar refractivity (Wildman–Crippen MR) is 140 cm³/mol. The van der Waals surface area contributed by atoms with Crippen LogP contribution in [0.15, 0.2) is 60.7 Å². The number of hydrogen-bond acceptors (Lipinski definition) is 9. The van der Waals surface area contributed by atoms with E-state index in [1.165, 1.54) is 22.7 Å². The number of carbonyl (C=O) groups excluding carboxylic acids is 2. The first-order valence-corrected chi connectivity index (χ1v) is 13.7. The zero-order chi connectivity index (χ0) is 24.6. The van der Waals surface area contributed by atoms with Crippen LogP contribution in [0.3, 0.4) is 0 Å². The molecule has 2 atom stereocenters. The van der Waals surface area contributed by atoms with Crippen molar-refractivity contribution in [1.82, 2.24) is 20.4 Å². The summed E-state index contributed by atoms with van der Waals surface area (Å²) in [5, 5.41) is 19.9. The first kappa shape index (κ1) is 25.0. The Morgan fingerprint density at radius 2 is 1.09 bits per heavy atom. The summed E-state index contributed by atoms with van der Waals surface area (Å²) >= 11 is 4.63. The first-order chi connectivity index (χ1) is 17.0. The van der Waals surface area contributed by atoms with Gasteiger partial charge < -0.3 is 11.5 Å². The van der Waals surface area contributed by atoms with Gasteiger partial charge in [0.2, 0.25) is 11.8 Å². The van der Waals surface area contributed by atoms with Gasteiger partial charge >= 0.3 is 0 Å². The number of aryl methyl sites for hydroxylation is 2. The van der Waals surface area contributed by atoms with E-state index >= 15 is 0 Å². The largest absolute Gasteiger partial charge is 0.369 e. The third kappa shape index (κ3) is 6.50. The maximum atomic E-state index is 12.0. The minimum Gasteiger partial charge on any atom is -0.369 e. The minimum absolute atomic E-state index is 0.435. The van der Waals surface area contributed by atoms with E-state index in [0.29, 0.717) is 10.0 Å². The number of hydrogen-bond donors (Lipinski definition) is 2. The maximum absolute atomic E-state index is 12.0. The van der Waals surface area contributed by atoms with Gasteiger partial charge in [-0.2, -0.15) is 11.8 Å². The molecule has 0 saturated heterocycles. The van der Waals surface area contributed by atoms with E-state index in [1.807, 2.05) is 60.7 Å². The van der Waals surface area contributed by atoms with Gasteiger partial charge in [0, 0.05) is 12.8 Å². The molecule has 2 aromatic carbocycles. The normalized spacial score (nSPS) is 12.8. The summed E-state index contributed by atoms with van der Waals surface area (Å²) < 4.78 is 0. The van der Waals surface area contributed by atoms with E-state index in [0.717, 1.165) is 45.5 Å². The van der Waals surface area contributed by atoms with E-state index < -0.39 is 23.7 Å². The van der Waals surface area contributed by atoms with Gasteiger partial charge in [0.1, 0.15) is 31.9 Å². The quantitative estimate of drug-likeness (QED) is 0.272. The number of carbonyl (C=O) groups is 2. The van der Waals surface area contributed by atoms with Crippen molar-refractivity contribution >= 4 is 46.2 Å². The summed E-state index contributed by atoms with van der Waals surface area (Å²) in [7, 11) is 0. The molecule has 4 N–H and O–H groups in total. The number of rotatable bonds is 12. The molecule has 0 aliphatic carbocycles. The van der Waals surface area contributed by atoms with Crippen molar-refractivity contribution in [1.29, 1.82) is 0 Å². The van der Waals surface area contributed by atoms with E-state index in [-0.39, 0.29) is 0 Å². The number of nitrogens with zero attached hydrogens (tertiary/aromatic N) is 4. The second-order valence-corrected chi connectivity index (χ2v) is 11.1. The zero-order valence-electron chi connectivity index (χ0n) is 18.7. The summed E-state index contributed by atoms with van der Waals surface area (Å²) in [6.07, 6.45) is 1.50. The third-order valence-corrected chi connectivity index (χ3v) is 8.30. The van der Waals surface area contributed by atoms with Crippen LogP contribution in [0.25, 0.3) is 0 Å². The molecule has 2 amide bonds. The molecule has 11 heteroatoms. The molecule has 4 rings (SSSR count). The van der Waals surface area contributed by atoms with Crippen LogP contribution in [0.1, 0.15) is 43.0 Å². The SMILES string of the molecule is NC(=O)C(c1ccccc1)c1nnc(CCSCCc2nnc(C(C(N)=O)c3ccccc3)s2)s1. The molecule has 4 aromatic rings. The van der Waals surface area contributed by atoms with E-state index in [2.05, 4.69) is 20.4 Å². The topological polar surface area (TPSA) is 138 Å². The number of thioether (sulfide) groups is 1. The number of nitrogens with two attached hydrogens (primary N) is 2. The molecule has 2 heterocycles. The molecule has 8 nitrogen and oxygen atoms in total. The smallest absolute Gasteiger partial charge is 0.231 e. The maximum Gasteiger partial charge on any atom is 0.231 e. The molecule has 2 aromatic heterocycles. The van der Waals surface area contributed by atoms with Crippen molar-refractivity contribution in [3.8, 4) is 0 Å². The highest BCUT2D eigenvalue weighted by Gasteiger charge is 2.25. The highest BCUT2D eigenvalue weighted by molar-refractivity contribution is 7.99. The molecular formula is C24H24N6O2S3. The molecule has 180 valence electrons. The van der Waals surface area contributed by atoms with Gasteiger partial charge in [0.15, 0.2) is 0 Å². The van der Waals surface area contributed by atoms with Crippen LogP contribution >= 0.6 is 34.4 Å². The van der Waals surface area contributed by atoms with Crippen molar-refractivity contribution in [2.75, 3.05) is 11.5 Å². The summed E-state index contributed by atoms with van der Waals surface area (Å²) in [6, 6.07) is 18.8. The van der Waals surface area contributed by atoms with Crippen LogP contribution < -0.4 is 11.5 Å². The van der Waals surface area contributed by atoms with Crippen molar-refractivity contribution < 1.29 is 9.59 Å². The van der Waals surface area contributed by atoms with Crippen LogP contribution in [0.4, 0.5) is 0 Å². The fraction of sp³-hybridized carbons (Fsp3) is 0.250. The predicted octanol–water partition coefficient (Wildman–Crippen LogP) is 3.14. The van der Waals surface area contributed by atoms with Gasteiger partial charge in [0.05, 0.1) is 0 Å². The Hall–Kier alpha value is -3.15. The van der Waals surface area contributed by atoms with E-state index in [4.69, 9.17) is 11.5 Å². The molecule has 0 fully saturated rings. The highest BCUT2D eigenvalue weighted by Crippen LogP contribution is 2.29. The third-order valence-electron chi connectivity index (χ3n) is 5.21. The van der Waals surface area contributed by atoms with Gasteiger partial charge in [-0.25, -0.2) is 0 Å². The fourth-order valence-corrected chi connectivity index (χ4v) is 6.63. The number of aromatic nitrogens is 4. The first-order valence-electron chi connectivity index (χ1n) is 10.9. The summed E-state index contributed by atoms with van der Waals surface area (Å²) in [5.41, 5.74) is 12.9. The van der Waals surface area contributed by atoms with Crippen LogP contribution in [0.2, 0.25) is 0 Å². The van der Waals surface area contributed by atoms with Crippen LogP contribution in [0.5, 0.6) is 0 Å². The van der Waals surface area contributed by atoms with Crippen LogP contribution in [-0.4, -0.2) is 43.7 Å². The molecule has 0 saturated carbocycles. The molecular weight excluding hydrogens is 501 g/mol.